The van der Waals surface area contributed by atoms with Gasteiger partial charge in [0.1, 0.15) is 5.78 Å². The van der Waals surface area contributed by atoms with Gasteiger partial charge in [0.05, 0.1) is 0 Å². The summed E-state index contributed by atoms with van der Waals surface area (Å²) in [6.45, 7) is 7.44. The summed E-state index contributed by atoms with van der Waals surface area (Å²) in [5.74, 6) is 0.145. The molecule has 0 spiro atoms. The van der Waals surface area contributed by atoms with Crippen molar-refractivity contribution in [2.45, 2.75) is 26.7 Å². The summed E-state index contributed by atoms with van der Waals surface area (Å²) in [5, 5.41) is 2.66. The van der Waals surface area contributed by atoms with Gasteiger partial charge >= 0.3 is 0 Å². The molecule has 0 bridgehead atoms. The number of rotatable bonds is 6. The predicted octanol–water partition coefficient (Wildman–Crippen LogP) is 1.29. The highest BCUT2D eigenvalue weighted by Crippen LogP contribution is 2.05. The molecular formula is C10H17NO2. The van der Waals surface area contributed by atoms with Crippen LogP contribution in [0.3, 0.4) is 0 Å². The highest BCUT2D eigenvalue weighted by atomic mass is 16.1. The third kappa shape index (κ3) is 6.08. The van der Waals surface area contributed by atoms with Crippen LogP contribution in [0.15, 0.2) is 12.7 Å². The van der Waals surface area contributed by atoms with Crippen LogP contribution >= 0.6 is 0 Å². The van der Waals surface area contributed by atoms with Gasteiger partial charge < -0.3 is 5.32 Å². The first-order chi connectivity index (χ1) is 6.07. The summed E-state index contributed by atoms with van der Waals surface area (Å²) in [5.41, 5.74) is 0. The first kappa shape index (κ1) is 11.9. The molecule has 0 saturated carbocycles. The van der Waals surface area contributed by atoms with Crippen LogP contribution in [-0.2, 0) is 9.59 Å². The van der Waals surface area contributed by atoms with Gasteiger partial charge in [-0.2, -0.15) is 0 Å². The van der Waals surface area contributed by atoms with Crippen molar-refractivity contribution in [2.75, 3.05) is 6.54 Å². The van der Waals surface area contributed by atoms with E-state index in [-0.39, 0.29) is 17.6 Å². The Morgan fingerprint density at radius 2 is 2.15 bits per heavy atom. The molecule has 0 rings (SSSR count). The Kier molecular flexibility index (Phi) is 5.85. The van der Waals surface area contributed by atoms with Crippen molar-refractivity contribution >= 4 is 11.7 Å². The topological polar surface area (TPSA) is 46.2 Å². The second-order valence-corrected chi connectivity index (χ2v) is 3.15. The van der Waals surface area contributed by atoms with E-state index >= 15 is 0 Å². The third-order valence-corrected chi connectivity index (χ3v) is 1.99. The summed E-state index contributed by atoms with van der Waals surface area (Å²) in [7, 11) is 0. The van der Waals surface area contributed by atoms with Crippen LogP contribution in [0.5, 0.6) is 0 Å². The van der Waals surface area contributed by atoms with Crippen molar-refractivity contribution in [1.29, 1.82) is 0 Å². The van der Waals surface area contributed by atoms with Crippen molar-refractivity contribution in [1.82, 2.24) is 5.32 Å². The predicted molar refractivity (Wildman–Crippen MR) is 52.3 cm³/mol. The van der Waals surface area contributed by atoms with Gasteiger partial charge in [-0.05, 0) is 25.8 Å². The van der Waals surface area contributed by atoms with E-state index in [1.807, 2.05) is 6.92 Å². The average molecular weight is 183 g/mol. The van der Waals surface area contributed by atoms with Gasteiger partial charge in [-0.3, -0.25) is 9.59 Å². The maximum Gasteiger partial charge on any atom is 0.243 e. The molecule has 0 aliphatic heterocycles. The number of ketones is 1. The lowest BCUT2D eigenvalue weighted by atomic mass is 10.0. The molecular weight excluding hydrogens is 166 g/mol. The monoisotopic (exact) mass is 183 g/mol. The molecule has 0 aromatic carbocycles. The zero-order valence-electron chi connectivity index (χ0n) is 8.30. The first-order valence-corrected chi connectivity index (χ1v) is 4.48. The zero-order valence-corrected chi connectivity index (χ0v) is 8.30. The molecule has 0 heterocycles. The maximum absolute atomic E-state index is 10.8. The van der Waals surface area contributed by atoms with E-state index in [0.29, 0.717) is 6.54 Å². The number of carbonyl (C=O) groups excluding carboxylic acids is 2. The molecule has 1 N–H and O–H groups in total. The van der Waals surface area contributed by atoms with Crippen LogP contribution < -0.4 is 5.32 Å². The molecule has 13 heavy (non-hydrogen) atoms. The Balaban J connectivity index is 3.40. The van der Waals surface area contributed by atoms with E-state index in [9.17, 15) is 9.59 Å². The molecule has 3 nitrogen and oxygen atoms in total. The van der Waals surface area contributed by atoms with Crippen LogP contribution in [0.2, 0.25) is 0 Å². The van der Waals surface area contributed by atoms with E-state index in [0.717, 1.165) is 12.8 Å². The molecule has 1 unspecified atom stereocenters. The maximum atomic E-state index is 10.8. The van der Waals surface area contributed by atoms with E-state index in [2.05, 4.69) is 11.9 Å². The minimum Gasteiger partial charge on any atom is -0.353 e. The van der Waals surface area contributed by atoms with Gasteiger partial charge in [0.15, 0.2) is 0 Å². The Bertz CT molecular complexity index is 199. The van der Waals surface area contributed by atoms with Crippen LogP contribution in [0.1, 0.15) is 26.7 Å². The van der Waals surface area contributed by atoms with Gasteiger partial charge in [0.25, 0.3) is 0 Å². The number of carbonyl (C=O) groups is 2. The van der Waals surface area contributed by atoms with Gasteiger partial charge in [0.2, 0.25) is 5.91 Å². The molecule has 0 aromatic heterocycles. The van der Waals surface area contributed by atoms with Crippen molar-refractivity contribution in [3.63, 3.8) is 0 Å². The molecule has 0 aliphatic carbocycles. The highest BCUT2D eigenvalue weighted by molar-refractivity contribution is 5.86. The van der Waals surface area contributed by atoms with E-state index in [4.69, 9.17) is 0 Å². The lowest BCUT2D eigenvalue weighted by Gasteiger charge is -2.06. The minimum absolute atomic E-state index is 0.0978. The second-order valence-electron chi connectivity index (χ2n) is 3.15. The normalized spacial score (nSPS) is 11.8. The largest absolute Gasteiger partial charge is 0.353 e. The van der Waals surface area contributed by atoms with E-state index in [1.165, 1.54) is 6.08 Å². The third-order valence-electron chi connectivity index (χ3n) is 1.99. The van der Waals surface area contributed by atoms with Crippen molar-refractivity contribution < 1.29 is 9.59 Å². The fourth-order valence-electron chi connectivity index (χ4n) is 0.895. The van der Waals surface area contributed by atoms with Gasteiger partial charge in [-0.25, -0.2) is 0 Å². The summed E-state index contributed by atoms with van der Waals surface area (Å²) in [6, 6.07) is 0. The number of hydrogen-bond acceptors (Lipinski definition) is 2. The molecule has 0 aliphatic rings. The first-order valence-electron chi connectivity index (χ1n) is 4.48. The second kappa shape index (κ2) is 6.40. The highest BCUT2D eigenvalue weighted by Gasteiger charge is 2.06. The molecule has 1 amide bonds. The number of amides is 1. The molecule has 0 saturated heterocycles. The lowest BCUT2D eigenvalue weighted by Crippen LogP contribution is -2.22. The summed E-state index contributed by atoms with van der Waals surface area (Å²) < 4.78 is 0. The quantitative estimate of drug-likeness (QED) is 0.498. The van der Waals surface area contributed by atoms with Crippen molar-refractivity contribution in [3.05, 3.63) is 12.7 Å². The van der Waals surface area contributed by atoms with Gasteiger partial charge in [-0.15, -0.1) is 0 Å². The average Bonchev–Trinajstić information content (AvgIpc) is 2.11. The Morgan fingerprint density at radius 3 is 2.62 bits per heavy atom. The van der Waals surface area contributed by atoms with Crippen LogP contribution in [0.25, 0.3) is 0 Å². The number of nitrogens with one attached hydrogen (secondary N) is 1. The molecule has 74 valence electrons. The number of Topliss-reactive ketones (excluding diaryl/α,β-unsaturated/α-hetero) is 1. The van der Waals surface area contributed by atoms with Crippen molar-refractivity contribution in [3.8, 4) is 0 Å². The Hall–Kier alpha value is -1.12. The minimum atomic E-state index is -0.157. The molecule has 1 atom stereocenters. The summed E-state index contributed by atoms with van der Waals surface area (Å²) >= 11 is 0. The Morgan fingerprint density at radius 1 is 1.54 bits per heavy atom. The lowest BCUT2D eigenvalue weighted by molar-refractivity contribution is -0.120. The fourth-order valence-corrected chi connectivity index (χ4v) is 0.895. The van der Waals surface area contributed by atoms with Crippen molar-refractivity contribution in [2.24, 2.45) is 5.92 Å². The Labute approximate surface area is 79.2 Å². The van der Waals surface area contributed by atoms with Crippen LogP contribution in [-0.4, -0.2) is 18.2 Å². The van der Waals surface area contributed by atoms with Crippen LogP contribution in [0.4, 0.5) is 0 Å². The molecule has 0 fully saturated rings. The van der Waals surface area contributed by atoms with Crippen LogP contribution in [0, 0.1) is 5.92 Å². The molecule has 0 aromatic rings. The van der Waals surface area contributed by atoms with E-state index < -0.39 is 0 Å². The van der Waals surface area contributed by atoms with Gasteiger partial charge in [-0.1, -0.05) is 13.5 Å². The standard InChI is InChI=1S/C10H17NO2/c1-4-10(13)11-7-5-6-8(2)9(3)12/h4,8H,1,5-7H2,2-3H3,(H,11,13). The van der Waals surface area contributed by atoms with Gasteiger partial charge in [0, 0.05) is 12.5 Å². The zero-order chi connectivity index (χ0) is 10.3. The SMILES string of the molecule is C=CC(=O)NCCCC(C)C(C)=O. The molecule has 0 radical (unpaired) electrons. The molecule has 3 heteroatoms. The number of hydrogen-bond donors (Lipinski definition) is 1. The fraction of sp³-hybridized carbons (Fsp3) is 0.600. The summed E-state index contributed by atoms with van der Waals surface area (Å²) in [6.07, 6.45) is 2.90. The summed E-state index contributed by atoms with van der Waals surface area (Å²) in [4.78, 5) is 21.5. The smallest absolute Gasteiger partial charge is 0.243 e. The van der Waals surface area contributed by atoms with E-state index in [1.54, 1.807) is 6.92 Å².